The monoisotopic (exact) mass is 422 g/mol. The van der Waals surface area contributed by atoms with Crippen molar-refractivity contribution in [1.29, 1.82) is 0 Å². The Labute approximate surface area is 178 Å². The molecule has 0 bridgehead atoms. The predicted octanol–water partition coefficient (Wildman–Crippen LogP) is 2.07. The van der Waals surface area contributed by atoms with Gasteiger partial charge in [0.15, 0.2) is 11.5 Å². The lowest BCUT2D eigenvalue weighted by Crippen LogP contribution is -2.33. The molecule has 2 aromatic carbocycles. The summed E-state index contributed by atoms with van der Waals surface area (Å²) in [5.74, 6) is 1.35. The number of benzene rings is 2. The van der Waals surface area contributed by atoms with Crippen LogP contribution in [-0.4, -0.2) is 34.3 Å². The zero-order valence-electron chi connectivity index (χ0n) is 17.6. The molecular weight excluding hydrogens is 398 g/mol. The second kappa shape index (κ2) is 8.47. The molecule has 9 nitrogen and oxygen atoms in total. The molecule has 0 aliphatic heterocycles. The average Bonchev–Trinajstić information content (AvgIpc) is 3.21. The molecule has 0 unspecified atom stereocenters. The van der Waals surface area contributed by atoms with Crippen LogP contribution in [0.2, 0.25) is 0 Å². The van der Waals surface area contributed by atoms with E-state index in [-0.39, 0.29) is 12.5 Å². The minimum Gasteiger partial charge on any atom is -0.493 e. The number of rotatable bonds is 7. The molecule has 0 aliphatic carbocycles. The maximum Gasteiger partial charge on any atom is 0.424 e. The second-order valence-electron chi connectivity index (χ2n) is 7.09. The van der Waals surface area contributed by atoms with E-state index in [0.29, 0.717) is 46.0 Å². The van der Waals surface area contributed by atoms with Crippen molar-refractivity contribution in [2.24, 2.45) is 0 Å². The van der Waals surface area contributed by atoms with Gasteiger partial charge in [0.2, 0.25) is 5.91 Å². The van der Waals surface area contributed by atoms with Crippen molar-refractivity contribution < 1.29 is 19.3 Å². The summed E-state index contributed by atoms with van der Waals surface area (Å²) < 4.78 is 13.6. The van der Waals surface area contributed by atoms with Crippen molar-refractivity contribution in [3.8, 4) is 11.5 Å². The molecule has 0 saturated carbocycles. The number of aryl methyl sites for hydroxylation is 1. The van der Waals surface area contributed by atoms with Crippen molar-refractivity contribution in [3.63, 3.8) is 0 Å². The number of aromatic nitrogens is 4. The Bertz CT molecular complexity index is 1310. The number of amides is 1. The van der Waals surface area contributed by atoms with Gasteiger partial charge in [0.05, 0.1) is 30.2 Å². The molecule has 0 saturated heterocycles. The Morgan fingerprint density at radius 2 is 1.84 bits per heavy atom. The van der Waals surface area contributed by atoms with Crippen molar-refractivity contribution in [2.75, 3.05) is 19.5 Å². The zero-order valence-corrected chi connectivity index (χ0v) is 17.6. The highest BCUT2D eigenvalue weighted by atomic mass is 16.5. The van der Waals surface area contributed by atoms with Gasteiger partial charge in [-0.2, -0.15) is 0 Å². The summed E-state index contributed by atoms with van der Waals surface area (Å²) in [6, 6.07) is 12.6. The smallest absolute Gasteiger partial charge is 0.424 e. The van der Waals surface area contributed by atoms with Gasteiger partial charge in [-0.1, -0.05) is 25.1 Å². The van der Waals surface area contributed by atoms with E-state index in [2.05, 4.69) is 15.4 Å². The highest BCUT2D eigenvalue weighted by Crippen LogP contribution is 2.32. The molecule has 0 fully saturated rings. The largest absolute Gasteiger partial charge is 0.493 e. The number of para-hydroxylation sites is 1. The van der Waals surface area contributed by atoms with Gasteiger partial charge in [0, 0.05) is 24.2 Å². The molecule has 4 aromatic rings. The van der Waals surface area contributed by atoms with Crippen LogP contribution in [0.5, 0.6) is 11.5 Å². The third-order valence-electron chi connectivity index (χ3n) is 5.00. The minimum atomic E-state index is -0.420. The van der Waals surface area contributed by atoms with E-state index in [4.69, 9.17) is 9.47 Å². The fourth-order valence-electron chi connectivity index (χ4n) is 3.57. The van der Waals surface area contributed by atoms with Crippen molar-refractivity contribution in [1.82, 2.24) is 14.2 Å². The number of anilines is 1. The number of nitrogens with zero attached hydrogens (tertiary/aromatic N) is 3. The van der Waals surface area contributed by atoms with E-state index in [1.165, 1.54) is 16.2 Å². The number of H-pyrrole nitrogens is 1. The number of hydrogen-bond donors (Lipinski definition) is 1. The van der Waals surface area contributed by atoms with Gasteiger partial charge in [-0.25, -0.2) is 9.78 Å². The molecule has 2 N–H and O–H groups in total. The number of carbonyl (C=O) groups is 1. The maximum atomic E-state index is 13.3. The standard InChI is InChI=1S/C22H23N5O4/c1-4-8-19-24-21-15-11-17(30-2)18(31-3)12-16(15)26(22(29)27(21)25-19)13-20(28)23-14-9-6-5-7-10-14/h5-7,9-12H,4,8,13H2,1-3H3,(H,23,28)/p+1. The summed E-state index contributed by atoms with van der Waals surface area (Å²) in [5, 5.41) is 7.94. The van der Waals surface area contributed by atoms with E-state index in [0.717, 1.165) is 6.42 Å². The summed E-state index contributed by atoms with van der Waals surface area (Å²) in [5.41, 5.74) is 1.32. The number of aromatic amines is 1. The van der Waals surface area contributed by atoms with Gasteiger partial charge in [0.25, 0.3) is 11.5 Å². The number of ether oxygens (including phenoxy) is 2. The van der Waals surface area contributed by atoms with Crippen LogP contribution in [0.25, 0.3) is 16.6 Å². The van der Waals surface area contributed by atoms with E-state index in [1.807, 2.05) is 25.1 Å². The first-order chi connectivity index (χ1) is 15.0. The summed E-state index contributed by atoms with van der Waals surface area (Å²) >= 11 is 0. The SMILES string of the molecule is CCCc1nn2c(=O)n(CC(=O)Nc3ccccc3)c3cc(OC)c(OC)cc3c2[nH+]1. The molecule has 0 radical (unpaired) electrons. The van der Waals surface area contributed by atoms with Gasteiger partial charge in [-0.05, 0) is 23.1 Å². The van der Waals surface area contributed by atoms with Gasteiger partial charge in [-0.15, -0.1) is 0 Å². The molecule has 2 aromatic heterocycles. The lowest BCUT2D eigenvalue weighted by Gasteiger charge is -2.13. The highest BCUT2D eigenvalue weighted by molar-refractivity contribution is 5.95. The Morgan fingerprint density at radius 1 is 1.13 bits per heavy atom. The number of hydrogen-bond acceptors (Lipinski definition) is 5. The third-order valence-corrected chi connectivity index (χ3v) is 5.00. The molecule has 4 rings (SSSR count). The van der Waals surface area contributed by atoms with E-state index in [1.54, 1.807) is 31.4 Å². The first-order valence-corrected chi connectivity index (χ1v) is 10.00. The van der Waals surface area contributed by atoms with Gasteiger partial charge in [-0.3, -0.25) is 9.36 Å². The van der Waals surface area contributed by atoms with Crippen LogP contribution < -0.4 is 25.5 Å². The van der Waals surface area contributed by atoms with E-state index < -0.39 is 5.69 Å². The Morgan fingerprint density at radius 3 is 2.52 bits per heavy atom. The van der Waals surface area contributed by atoms with Gasteiger partial charge < -0.3 is 14.8 Å². The first-order valence-electron chi connectivity index (χ1n) is 10.00. The molecule has 1 amide bonds. The van der Waals surface area contributed by atoms with Crippen LogP contribution in [-0.2, 0) is 17.8 Å². The lowest BCUT2D eigenvalue weighted by atomic mass is 10.2. The second-order valence-corrected chi connectivity index (χ2v) is 7.09. The molecule has 0 aliphatic rings. The molecule has 2 heterocycles. The molecule has 0 atom stereocenters. The fourth-order valence-corrected chi connectivity index (χ4v) is 3.57. The van der Waals surface area contributed by atoms with E-state index >= 15 is 0 Å². The molecule has 9 heteroatoms. The fraction of sp³-hybridized carbons (Fsp3) is 0.273. The van der Waals surface area contributed by atoms with Crippen molar-refractivity contribution in [2.45, 2.75) is 26.3 Å². The van der Waals surface area contributed by atoms with Crippen molar-refractivity contribution >= 4 is 28.1 Å². The third kappa shape index (κ3) is 3.81. The number of methoxy groups -OCH3 is 2. The minimum absolute atomic E-state index is 0.182. The van der Waals surface area contributed by atoms with Crippen LogP contribution in [0.15, 0.2) is 47.3 Å². The van der Waals surface area contributed by atoms with Gasteiger partial charge >= 0.3 is 5.69 Å². The Kier molecular flexibility index (Phi) is 5.57. The summed E-state index contributed by atoms with van der Waals surface area (Å²) in [6.45, 7) is 1.86. The number of carbonyl (C=O) groups excluding carboxylic acids is 1. The van der Waals surface area contributed by atoms with E-state index in [9.17, 15) is 9.59 Å². The summed E-state index contributed by atoms with van der Waals surface area (Å²) in [4.78, 5) is 29.3. The lowest BCUT2D eigenvalue weighted by molar-refractivity contribution is -0.358. The van der Waals surface area contributed by atoms with Gasteiger partial charge in [0.1, 0.15) is 6.54 Å². The Hall–Kier alpha value is -3.88. The summed E-state index contributed by atoms with van der Waals surface area (Å²) in [6.07, 6.45) is 1.58. The molecule has 0 spiro atoms. The average molecular weight is 422 g/mol. The van der Waals surface area contributed by atoms with Crippen LogP contribution >= 0.6 is 0 Å². The maximum absolute atomic E-state index is 13.3. The normalized spacial score (nSPS) is 11.1. The van der Waals surface area contributed by atoms with Crippen LogP contribution in [0, 0.1) is 0 Å². The van der Waals surface area contributed by atoms with Crippen molar-refractivity contribution in [3.05, 3.63) is 58.8 Å². The van der Waals surface area contributed by atoms with Crippen LogP contribution in [0.3, 0.4) is 0 Å². The Balaban J connectivity index is 1.90. The molecular formula is C22H24N5O4+. The molecule has 31 heavy (non-hydrogen) atoms. The zero-order chi connectivity index (χ0) is 22.0. The number of nitrogens with one attached hydrogen (secondary N) is 2. The topological polar surface area (TPSA) is 101 Å². The number of fused-ring (bicyclic) bond motifs is 3. The quantitative estimate of drug-likeness (QED) is 0.491. The predicted molar refractivity (Wildman–Crippen MR) is 116 cm³/mol. The first kappa shape index (κ1) is 20.4. The highest BCUT2D eigenvalue weighted by Gasteiger charge is 2.24. The van der Waals surface area contributed by atoms with Crippen LogP contribution in [0.4, 0.5) is 5.69 Å². The summed E-state index contributed by atoms with van der Waals surface area (Å²) in [7, 11) is 3.07. The van der Waals surface area contributed by atoms with Crippen LogP contribution in [0.1, 0.15) is 19.2 Å². The molecule has 160 valence electrons.